The molecule has 1 saturated carbocycles. The van der Waals surface area contributed by atoms with Crippen LogP contribution in [0.5, 0.6) is 0 Å². The fourth-order valence-electron chi connectivity index (χ4n) is 4.08. The minimum atomic E-state index is -0.306. The molecule has 4 aromatic rings. The summed E-state index contributed by atoms with van der Waals surface area (Å²) in [7, 11) is 0. The second kappa shape index (κ2) is 7.88. The number of pyridine rings is 1. The molecule has 0 aliphatic heterocycles. The summed E-state index contributed by atoms with van der Waals surface area (Å²) in [5.41, 5.74) is 13.5. The topological polar surface area (TPSA) is 144 Å². The summed E-state index contributed by atoms with van der Waals surface area (Å²) >= 11 is 0. The average Bonchev–Trinajstić information content (AvgIpc) is 3.16. The van der Waals surface area contributed by atoms with E-state index in [1.807, 2.05) is 30.3 Å². The Labute approximate surface area is 183 Å². The quantitative estimate of drug-likeness (QED) is 0.271. The van der Waals surface area contributed by atoms with Gasteiger partial charge in [-0.1, -0.05) is 12.5 Å². The summed E-state index contributed by atoms with van der Waals surface area (Å²) in [5, 5.41) is 19.8. The largest absolute Gasteiger partial charge is 0.370 e. The highest BCUT2D eigenvalue weighted by Gasteiger charge is 2.41. The van der Waals surface area contributed by atoms with Crippen molar-refractivity contribution in [3.63, 3.8) is 0 Å². The first-order valence-corrected chi connectivity index (χ1v) is 10.3. The predicted octanol–water partition coefficient (Wildman–Crippen LogP) is 2.99. The Morgan fingerprint density at radius 1 is 1.16 bits per heavy atom. The second-order valence-electron chi connectivity index (χ2n) is 7.97. The zero-order chi connectivity index (χ0) is 22.1. The van der Waals surface area contributed by atoms with Gasteiger partial charge < -0.3 is 16.8 Å². The van der Waals surface area contributed by atoms with Crippen LogP contribution in [-0.4, -0.2) is 37.9 Å². The fraction of sp³-hybridized carbons (Fsp3) is 0.227. The molecule has 0 unspecified atom stereocenters. The van der Waals surface area contributed by atoms with Gasteiger partial charge in [-0.15, -0.1) is 10.2 Å². The van der Waals surface area contributed by atoms with Gasteiger partial charge in [0.1, 0.15) is 11.6 Å². The minimum absolute atomic E-state index is 0.0613. The molecule has 0 atom stereocenters. The molecule has 0 bridgehead atoms. The van der Waals surface area contributed by atoms with Gasteiger partial charge in [-0.05, 0) is 49.2 Å². The normalized spacial score (nSPS) is 14.7. The number of anilines is 1. The summed E-state index contributed by atoms with van der Waals surface area (Å²) < 4.78 is 14.3. The Balaban J connectivity index is 1.34. The number of hydrogen-bond donors (Lipinski definition) is 4. The molecular formula is C22H22FN9. The van der Waals surface area contributed by atoms with Gasteiger partial charge in [-0.25, -0.2) is 4.39 Å². The van der Waals surface area contributed by atoms with Crippen LogP contribution in [0, 0.1) is 5.82 Å². The zero-order valence-corrected chi connectivity index (χ0v) is 17.2. The summed E-state index contributed by atoms with van der Waals surface area (Å²) in [6, 6.07) is 12.5. The number of halogens is 1. The predicted molar refractivity (Wildman–Crippen MR) is 121 cm³/mol. The van der Waals surface area contributed by atoms with Crippen LogP contribution in [0.2, 0.25) is 0 Å². The van der Waals surface area contributed by atoms with Gasteiger partial charge in [0.15, 0.2) is 11.8 Å². The monoisotopic (exact) mass is 431 g/mol. The van der Waals surface area contributed by atoms with Crippen molar-refractivity contribution < 1.29 is 4.39 Å². The number of hydrogen-bond acceptors (Lipinski definition) is 6. The lowest BCUT2D eigenvalue weighted by molar-refractivity contribution is 0.243. The number of fused-ring (bicyclic) bond motifs is 1. The number of rotatable bonds is 6. The lowest BCUT2D eigenvalue weighted by Crippen LogP contribution is -2.42. The fourth-order valence-corrected chi connectivity index (χ4v) is 4.08. The van der Waals surface area contributed by atoms with Crippen molar-refractivity contribution in [2.24, 2.45) is 16.5 Å². The van der Waals surface area contributed by atoms with Gasteiger partial charge >= 0.3 is 0 Å². The van der Waals surface area contributed by atoms with Crippen molar-refractivity contribution in [3.05, 3.63) is 60.2 Å². The number of aromatic nitrogens is 5. The molecule has 9 nitrogen and oxygen atoms in total. The van der Waals surface area contributed by atoms with Gasteiger partial charge in [0, 0.05) is 29.1 Å². The molecule has 1 fully saturated rings. The maximum atomic E-state index is 14.3. The molecule has 3 heterocycles. The van der Waals surface area contributed by atoms with Gasteiger partial charge in [0.05, 0.1) is 16.9 Å². The Bertz CT molecular complexity index is 1290. The number of nitrogens with zero attached hydrogens (tertiary/aromatic N) is 5. The first-order valence-electron chi connectivity index (χ1n) is 10.3. The van der Waals surface area contributed by atoms with Crippen LogP contribution in [0.4, 0.5) is 16.0 Å². The molecule has 1 aliphatic carbocycles. The van der Waals surface area contributed by atoms with Crippen LogP contribution >= 0.6 is 0 Å². The third-order valence-electron chi connectivity index (χ3n) is 5.92. The molecule has 32 heavy (non-hydrogen) atoms. The van der Waals surface area contributed by atoms with E-state index in [2.05, 4.69) is 35.7 Å². The maximum Gasteiger partial charge on any atom is 0.192 e. The van der Waals surface area contributed by atoms with E-state index >= 15 is 0 Å². The van der Waals surface area contributed by atoms with Gasteiger partial charge in [-0.3, -0.25) is 10.1 Å². The lowest BCUT2D eigenvalue weighted by Gasteiger charge is -2.41. The van der Waals surface area contributed by atoms with Gasteiger partial charge in [-0.2, -0.15) is 10.1 Å². The van der Waals surface area contributed by atoms with E-state index in [4.69, 9.17) is 11.5 Å². The van der Waals surface area contributed by atoms with E-state index in [0.29, 0.717) is 29.6 Å². The van der Waals surface area contributed by atoms with Crippen LogP contribution in [0.25, 0.3) is 22.2 Å². The molecule has 6 N–H and O–H groups in total. The Morgan fingerprint density at radius 2 is 2.03 bits per heavy atom. The van der Waals surface area contributed by atoms with E-state index in [-0.39, 0.29) is 17.2 Å². The van der Waals surface area contributed by atoms with Crippen molar-refractivity contribution in [1.29, 1.82) is 0 Å². The summed E-state index contributed by atoms with van der Waals surface area (Å²) in [6.07, 6.45) is 4.48. The van der Waals surface area contributed by atoms with Crippen LogP contribution in [-0.2, 0) is 5.41 Å². The lowest BCUT2D eigenvalue weighted by atomic mass is 9.66. The molecule has 0 saturated heterocycles. The van der Waals surface area contributed by atoms with E-state index in [1.54, 1.807) is 12.3 Å². The zero-order valence-electron chi connectivity index (χ0n) is 17.2. The molecule has 0 radical (unpaired) electrons. The third kappa shape index (κ3) is 3.59. The molecular weight excluding hydrogens is 409 g/mol. The second-order valence-corrected chi connectivity index (χ2v) is 7.97. The molecule has 3 aromatic heterocycles. The van der Waals surface area contributed by atoms with Gasteiger partial charge in [0.25, 0.3) is 0 Å². The first-order chi connectivity index (χ1) is 15.5. The number of benzene rings is 1. The summed E-state index contributed by atoms with van der Waals surface area (Å²) in [6.45, 7) is 0.553. The highest BCUT2D eigenvalue weighted by molar-refractivity contribution is 5.94. The summed E-state index contributed by atoms with van der Waals surface area (Å²) in [4.78, 5) is 8.34. The number of nitrogens with two attached hydrogens (primary N) is 2. The number of aliphatic imine (C=N–C) groups is 1. The molecule has 10 heteroatoms. The van der Waals surface area contributed by atoms with Crippen LogP contribution in [0.1, 0.15) is 25.0 Å². The standard InChI is InChI=1S/C22H22FN9/c23-15-3-1-10-26-19(15)22(8-2-9-22)12-27-18-7-6-16(29-31-18)13-4-5-17-14(11-13)20(32-30-17)28-21(24)25/h1,3-7,10-11H,2,8-9,12H2,(H,27,31)(H5,24,25,28,30,32). The number of nitrogens with one attached hydrogen (secondary N) is 2. The van der Waals surface area contributed by atoms with E-state index in [0.717, 1.165) is 35.7 Å². The van der Waals surface area contributed by atoms with Crippen molar-refractivity contribution in [1.82, 2.24) is 25.4 Å². The molecule has 5 rings (SSSR count). The Kier molecular flexibility index (Phi) is 4.89. The van der Waals surface area contributed by atoms with Crippen molar-refractivity contribution in [2.75, 3.05) is 11.9 Å². The number of guanidine groups is 1. The molecule has 0 amide bonds. The highest BCUT2D eigenvalue weighted by atomic mass is 19.1. The Morgan fingerprint density at radius 3 is 2.72 bits per heavy atom. The SMILES string of the molecule is NC(N)=Nc1n[nH]c2ccc(-c3ccc(NCC4(c5ncccc5F)CCC4)nn3)cc12. The van der Waals surface area contributed by atoms with Crippen LogP contribution in [0.3, 0.4) is 0 Å². The summed E-state index contributed by atoms with van der Waals surface area (Å²) in [5.74, 6) is 0.724. The highest BCUT2D eigenvalue weighted by Crippen LogP contribution is 2.43. The van der Waals surface area contributed by atoms with E-state index in [9.17, 15) is 4.39 Å². The van der Waals surface area contributed by atoms with Crippen molar-refractivity contribution >= 4 is 28.5 Å². The van der Waals surface area contributed by atoms with Crippen LogP contribution < -0.4 is 16.8 Å². The third-order valence-corrected chi connectivity index (χ3v) is 5.92. The first kappa shape index (κ1) is 19.9. The molecule has 1 aromatic carbocycles. The van der Waals surface area contributed by atoms with Crippen LogP contribution in [0.15, 0.2) is 53.7 Å². The molecule has 162 valence electrons. The molecule has 0 spiro atoms. The smallest absolute Gasteiger partial charge is 0.192 e. The van der Waals surface area contributed by atoms with Gasteiger partial charge in [0.2, 0.25) is 0 Å². The van der Waals surface area contributed by atoms with E-state index < -0.39 is 0 Å². The minimum Gasteiger partial charge on any atom is -0.370 e. The maximum absolute atomic E-state index is 14.3. The average molecular weight is 431 g/mol. The Hall–Kier alpha value is -4.08. The van der Waals surface area contributed by atoms with Crippen molar-refractivity contribution in [3.8, 4) is 11.3 Å². The number of aromatic amines is 1. The molecule has 1 aliphatic rings. The number of H-pyrrole nitrogens is 1. The van der Waals surface area contributed by atoms with E-state index in [1.165, 1.54) is 6.07 Å². The van der Waals surface area contributed by atoms with Crippen molar-refractivity contribution in [2.45, 2.75) is 24.7 Å².